The summed E-state index contributed by atoms with van der Waals surface area (Å²) in [5.74, 6) is 0. The van der Waals surface area contributed by atoms with Gasteiger partial charge in [0.1, 0.15) is 0 Å². The van der Waals surface area contributed by atoms with E-state index in [0.29, 0.717) is 0 Å². The van der Waals surface area contributed by atoms with Crippen LogP contribution in [0, 0.1) is 0 Å². The summed E-state index contributed by atoms with van der Waals surface area (Å²) in [5, 5.41) is 5.14. The van der Waals surface area contributed by atoms with Crippen molar-refractivity contribution < 1.29 is 0 Å². The third kappa shape index (κ3) is 5.01. The first-order chi connectivity index (χ1) is 25.7. The Morgan fingerprint density at radius 1 is 0.500 bits per heavy atom. The summed E-state index contributed by atoms with van der Waals surface area (Å²) in [7, 11) is 0. The lowest BCUT2D eigenvalue weighted by Crippen LogP contribution is -2.18. The Bertz CT molecular complexity index is 2860. The molecule has 1 aliphatic heterocycles. The first-order valence-electron chi connectivity index (χ1n) is 17.7. The molecule has 0 spiro atoms. The molecule has 0 N–H and O–H groups in total. The lowest BCUT2D eigenvalue weighted by atomic mass is 9.97. The molecular weight excluding hydrogens is 649 g/mol. The van der Waals surface area contributed by atoms with Crippen molar-refractivity contribution in [3.63, 3.8) is 0 Å². The van der Waals surface area contributed by atoms with Gasteiger partial charge in [-0.05, 0) is 76.4 Å². The lowest BCUT2D eigenvalue weighted by Gasteiger charge is -2.28. The van der Waals surface area contributed by atoms with Gasteiger partial charge in [0, 0.05) is 60.1 Å². The molecule has 7 aromatic carbocycles. The van der Waals surface area contributed by atoms with E-state index in [0.717, 1.165) is 40.3 Å². The van der Waals surface area contributed by atoms with Crippen LogP contribution in [0.15, 0.2) is 189 Å². The predicted molar refractivity (Wildman–Crippen MR) is 225 cm³/mol. The van der Waals surface area contributed by atoms with Crippen LogP contribution in [0.3, 0.4) is 0 Å². The maximum Gasteiger partial charge on any atom is 0.0541 e. The molecule has 0 bridgehead atoms. The van der Waals surface area contributed by atoms with Crippen LogP contribution in [0.4, 0.5) is 11.4 Å². The van der Waals surface area contributed by atoms with Gasteiger partial charge >= 0.3 is 0 Å². The van der Waals surface area contributed by atoms with Crippen molar-refractivity contribution in [2.45, 2.75) is 0 Å². The molecule has 1 aliphatic rings. The number of para-hydroxylation sites is 3. The van der Waals surface area contributed by atoms with Crippen molar-refractivity contribution in [2.24, 2.45) is 0 Å². The van der Waals surface area contributed by atoms with Crippen molar-refractivity contribution in [3.8, 4) is 27.9 Å². The number of rotatable bonds is 4. The average Bonchev–Trinajstić information content (AvgIpc) is 3.77. The van der Waals surface area contributed by atoms with E-state index in [2.05, 4.69) is 198 Å². The third-order valence-corrected chi connectivity index (χ3v) is 11.6. The SMILES string of the molecule is C=C1/C=C\C=C/CN(c2cc(-c3cccc(-c4cccc5c4sc4ccccc45)c3)cc(-n3c4ccccc4c4ccccc43)c2)c2ccccc21. The van der Waals surface area contributed by atoms with Gasteiger partial charge in [-0.25, -0.2) is 0 Å². The van der Waals surface area contributed by atoms with E-state index >= 15 is 0 Å². The van der Waals surface area contributed by atoms with Gasteiger partial charge in [0.2, 0.25) is 0 Å². The number of benzene rings is 7. The minimum absolute atomic E-state index is 0.721. The van der Waals surface area contributed by atoms with Crippen molar-refractivity contribution >= 4 is 70.3 Å². The van der Waals surface area contributed by atoms with Crippen LogP contribution < -0.4 is 4.90 Å². The van der Waals surface area contributed by atoms with Gasteiger partial charge in [-0.1, -0.05) is 140 Å². The molecule has 0 aliphatic carbocycles. The molecule has 0 fully saturated rings. The maximum atomic E-state index is 4.44. The highest BCUT2D eigenvalue weighted by atomic mass is 32.1. The molecule has 2 nitrogen and oxygen atoms in total. The van der Waals surface area contributed by atoms with E-state index in [9.17, 15) is 0 Å². The number of thiophene rings is 1. The fraction of sp³-hybridized carbons (Fsp3) is 0.0204. The minimum Gasteiger partial charge on any atom is -0.337 e. The van der Waals surface area contributed by atoms with Crippen molar-refractivity contribution in [1.29, 1.82) is 0 Å². The van der Waals surface area contributed by atoms with Crippen molar-refractivity contribution in [2.75, 3.05) is 11.4 Å². The Kier molecular flexibility index (Phi) is 7.26. The van der Waals surface area contributed by atoms with Crippen LogP contribution in [-0.4, -0.2) is 11.1 Å². The zero-order valence-electron chi connectivity index (χ0n) is 28.5. The van der Waals surface area contributed by atoms with Crippen LogP contribution in [0.5, 0.6) is 0 Å². The second-order valence-corrected chi connectivity index (χ2v) is 14.5. The van der Waals surface area contributed by atoms with Gasteiger partial charge in [0.05, 0.1) is 11.0 Å². The van der Waals surface area contributed by atoms with Crippen LogP contribution in [0.1, 0.15) is 5.56 Å². The molecule has 0 saturated heterocycles. The number of hydrogen-bond donors (Lipinski definition) is 0. The van der Waals surface area contributed by atoms with E-state index in [1.165, 1.54) is 58.7 Å². The maximum absolute atomic E-state index is 4.44. The quantitative estimate of drug-likeness (QED) is 0.179. The monoisotopic (exact) mass is 682 g/mol. The third-order valence-electron chi connectivity index (χ3n) is 10.3. The Labute approximate surface area is 307 Å². The lowest BCUT2D eigenvalue weighted by molar-refractivity contribution is 1.08. The largest absolute Gasteiger partial charge is 0.337 e. The van der Waals surface area contributed by atoms with Gasteiger partial charge in [-0.3, -0.25) is 0 Å². The zero-order valence-corrected chi connectivity index (χ0v) is 29.4. The summed E-state index contributed by atoms with van der Waals surface area (Å²) in [6, 6.07) is 57.7. The number of hydrogen-bond acceptors (Lipinski definition) is 2. The van der Waals surface area contributed by atoms with E-state index in [4.69, 9.17) is 0 Å². The van der Waals surface area contributed by atoms with Gasteiger partial charge < -0.3 is 9.47 Å². The number of allylic oxidation sites excluding steroid dienone is 4. The van der Waals surface area contributed by atoms with Crippen LogP contribution in [0.25, 0.3) is 75.5 Å². The Hall–Kier alpha value is -6.42. The number of fused-ring (bicyclic) bond motifs is 7. The Morgan fingerprint density at radius 3 is 2.00 bits per heavy atom. The summed E-state index contributed by atoms with van der Waals surface area (Å²) in [6.07, 6.45) is 8.54. The minimum atomic E-state index is 0.721. The topological polar surface area (TPSA) is 8.17 Å². The highest BCUT2D eigenvalue weighted by Gasteiger charge is 2.19. The Morgan fingerprint density at radius 2 is 1.15 bits per heavy atom. The molecule has 3 heteroatoms. The van der Waals surface area contributed by atoms with E-state index in [-0.39, 0.29) is 0 Å². The fourth-order valence-electron chi connectivity index (χ4n) is 7.92. The molecule has 52 heavy (non-hydrogen) atoms. The van der Waals surface area contributed by atoms with Gasteiger partial charge in [-0.15, -0.1) is 11.3 Å². The molecule has 10 rings (SSSR count). The van der Waals surface area contributed by atoms with Crippen molar-refractivity contribution in [1.82, 2.24) is 4.57 Å². The molecule has 0 unspecified atom stereocenters. The Balaban J connectivity index is 1.21. The summed E-state index contributed by atoms with van der Waals surface area (Å²) in [6.45, 7) is 5.16. The predicted octanol–water partition coefficient (Wildman–Crippen LogP) is 13.8. The fourth-order valence-corrected chi connectivity index (χ4v) is 9.16. The first kappa shape index (κ1) is 30.4. The average molecular weight is 683 g/mol. The highest BCUT2D eigenvalue weighted by Crippen LogP contribution is 2.42. The van der Waals surface area contributed by atoms with Gasteiger partial charge in [0.15, 0.2) is 0 Å². The summed E-state index contributed by atoms with van der Waals surface area (Å²) < 4.78 is 5.08. The smallest absolute Gasteiger partial charge is 0.0541 e. The normalized spacial score (nSPS) is 14.4. The summed E-state index contributed by atoms with van der Waals surface area (Å²) in [5.41, 5.74) is 12.7. The molecule has 0 amide bonds. The molecule has 2 aromatic heterocycles. The number of nitrogens with zero attached hydrogens (tertiary/aromatic N) is 2. The second kappa shape index (κ2) is 12.4. The van der Waals surface area contributed by atoms with Crippen molar-refractivity contribution in [3.05, 3.63) is 194 Å². The molecule has 0 atom stereocenters. The van der Waals surface area contributed by atoms with E-state index in [1.807, 2.05) is 11.3 Å². The van der Waals surface area contributed by atoms with Crippen LogP contribution in [-0.2, 0) is 0 Å². The highest BCUT2D eigenvalue weighted by molar-refractivity contribution is 7.26. The molecule has 3 heterocycles. The molecule has 0 saturated carbocycles. The van der Waals surface area contributed by atoms with E-state index in [1.54, 1.807) is 0 Å². The van der Waals surface area contributed by atoms with Gasteiger partial charge in [0.25, 0.3) is 0 Å². The molecule has 0 radical (unpaired) electrons. The van der Waals surface area contributed by atoms with E-state index < -0.39 is 0 Å². The number of aromatic nitrogens is 1. The first-order valence-corrected chi connectivity index (χ1v) is 18.6. The van der Waals surface area contributed by atoms with Crippen LogP contribution in [0.2, 0.25) is 0 Å². The number of anilines is 2. The standard InChI is InChI=1S/C49H34N2S/c1-33-15-3-2-12-28-50(45-24-8-4-18-39(33)45)37-30-36(31-38(32-37)51-46-25-9-5-19-41(46)42-20-6-10-26-47(42)51)34-16-13-17-35(29-34)40-22-14-23-44-43-21-7-11-27-48(43)52-49(40)44/h2-27,29-32H,1,28H2/b12-2-,15-3-. The second-order valence-electron chi connectivity index (χ2n) is 13.4. The van der Waals surface area contributed by atoms with Crippen LogP contribution >= 0.6 is 11.3 Å². The molecule has 246 valence electrons. The summed E-state index contributed by atoms with van der Waals surface area (Å²) >= 11 is 1.88. The zero-order chi connectivity index (χ0) is 34.6. The van der Waals surface area contributed by atoms with Gasteiger partial charge in [-0.2, -0.15) is 0 Å². The molecule has 9 aromatic rings. The summed E-state index contributed by atoms with van der Waals surface area (Å²) in [4.78, 5) is 2.42. The molecular formula is C49H34N2S.